The van der Waals surface area contributed by atoms with Crippen LogP contribution in [-0.4, -0.2) is 87.4 Å². The van der Waals surface area contributed by atoms with Crippen molar-refractivity contribution in [1.82, 2.24) is 15.1 Å². The van der Waals surface area contributed by atoms with E-state index in [1.165, 1.54) is 0 Å². The fourth-order valence-electron chi connectivity index (χ4n) is 4.39. The molecular formula is C21H31N3O4. The van der Waals surface area contributed by atoms with E-state index in [1.807, 2.05) is 18.2 Å². The number of nitrogens with zero attached hydrogens (tertiary/aromatic N) is 2. The maximum Gasteiger partial charge on any atom is 0.224 e. The Morgan fingerprint density at radius 3 is 2.50 bits per heavy atom. The van der Waals surface area contributed by atoms with Crippen LogP contribution in [0.25, 0.3) is 0 Å². The third-order valence-electron chi connectivity index (χ3n) is 6.19. The summed E-state index contributed by atoms with van der Waals surface area (Å²) < 4.78 is 16.7. The zero-order valence-corrected chi connectivity index (χ0v) is 16.7. The van der Waals surface area contributed by atoms with E-state index >= 15 is 0 Å². The van der Waals surface area contributed by atoms with Gasteiger partial charge >= 0.3 is 0 Å². The first-order chi connectivity index (χ1) is 13.6. The summed E-state index contributed by atoms with van der Waals surface area (Å²) >= 11 is 0. The first-order valence-corrected chi connectivity index (χ1v) is 10.3. The second kappa shape index (κ2) is 8.68. The SMILES string of the molecule is CN1CCC(CNC(=O)Cc2ccc3c(c2)OCCO3)(N2CCOCC2)CC1. The van der Waals surface area contributed by atoms with Crippen LogP contribution in [0.3, 0.4) is 0 Å². The maximum absolute atomic E-state index is 12.7. The standard InChI is InChI=1S/C21H31N3O4/c1-23-6-4-21(5-7-23,24-8-10-26-11-9-24)16-22-20(25)15-17-2-3-18-19(14-17)28-13-12-27-18/h2-3,14H,4-13,15-16H2,1H3,(H,22,25). The van der Waals surface area contributed by atoms with Gasteiger partial charge in [0.05, 0.1) is 19.6 Å². The van der Waals surface area contributed by atoms with Crippen LogP contribution in [0.5, 0.6) is 11.5 Å². The van der Waals surface area contributed by atoms with Crippen molar-refractivity contribution in [2.75, 3.05) is 66.2 Å². The van der Waals surface area contributed by atoms with Gasteiger partial charge in [0.15, 0.2) is 11.5 Å². The summed E-state index contributed by atoms with van der Waals surface area (Å²) in [5, 5.41) is 3.22. The molecule has 2 fully saturated rings. The molecule has 0 aliphatic carbocycles. The molecule has 0 atom stereocenters. The summed E-state index contributed by atoms with van der Waals surface area (Å²) in [7, 11) is 2.17. The molecule has 28 heavy (non-hydrogen) atoms. The molecule has 0 radical (unpaired) electrons. The van der Waals surface area contributed by atoms with Crippen LogP contribution in [0.2, 0.25) is 0 Å². The summed E-state index contributed by atoms with van der Waals surface area (Å²) in [6, 6.07) is 5.76. The third kappa shape index (κ3) is 4.42. The highest BCUT2D eigenvalue weighted by Gasteiger charge is 2.40. The molecule has 4 rings (SSSR count). The van der Waals surface area contributed by atoms with Crippen LogP contribution >= 0.6 is 0 Å². The lowest BCUT2D eigenvalue weighted by atomic mass is 9.85. The molecule has 1 aromatic carbocycles. The number of ether oxygens (including phenoxy) is 3. The Morgan fingerprint density at radius 1 is 1.04 bits per heavy atom. The second-order valence-corrected chi connectivity index (χ2v) is 8.06. The highest BCUT2D eigenvalue weighted by molar-refractivity contribution is 5.79. The molecule has 1 amide bonds. The topological polar surface area (TPSA) is 63.3 Å². The smallest absolute Gasteiger partial charge is 0.224 e. The van der Waals surface area contributed by atoms with Crippen LogP contribution in [0.15, 0.2) is 18.2 Å². The van der Waals surface area contributed by atoms with Gasteiger partial charge in [0.2, 0.25) is 5.91 Å². The summed E-state index contributed by atoms with van der Waals surface area (Å²) in [6.07, 6.45) is 2.51. The number of likely N-dealkylation sites (tertiary alicyclic amines) is 1. The second-order valence-electron chi connectivity index (χ2n) is 8.06. The first-order valence-electron chi connectivity index (χ1n) is 10.3. The van der Waals surface area contributed by atoms with E-state index in [0.29, 0.717) is 26.2 Å². The zero-order chi connectivity index (χ0) is 19.4. The number of carbonyl (C=O) groups is 1. The van der Waals surface area contributed by atoms with Gasteiger partial charge in [-0.05, 0) is 50.7 Å². The summed E-state index contributed by atoms with van der Waals surface area (Å²) in [5.74, 6) is 1.55. The molecule has 154 valence electrons. The number of benzene rings is 1. The first kappa shape index (κ1) is 19.5. The number of hydrogen-bond donors (Lipinski definition) is 1. The van der Waals surface area contributed by atoms with Crippen molar-refractivity contribution in [3.63, 3.8) is 0 Å². The van der Waals surface area contributed by atoms with E-state index in [1.54, 1.807) is 0 Å². The third-order valence-corrected chi connectivity index (χ3v) is 6.19. The monoisotopic (exact) mass is 389 g/mol. The predicted octanol–water partition coefficient (Wildman–Crippen LogP) is 0.913. The van der Waals surface area contributed by atoms with Gasteiger partial charge in [0.1, 0.15) is 13.2 Å². The molecule has 3 aliphatic rings. The van der Waals surface area contributed by atoms with Gasteiger partial charge in [-0.3, -0.25) is 9.69 Å². The van der Waals surface area contributed by atoms with Crippen LogP contribution in [0.1, 0.15) is 18.4 Å². The molecule has 2 saturated heterocycles. The molecule has 0 spiro atoms. The molecule has 3 aliphatic heterocycles. The lowest BCUT2D eigenvalue weighted by molar-refractivity contribution is -0.121. The van der Waals surface area contributed by atoms with Crippen molar-refractivity contribution >= 4 is 5.91 Å². The fourth-order valence-corrected chi connectivity index (χ4v) is 4.39. The number of amides is 1. The average molecular weight is 389 g/mol. The van der Waals surface area contributed by atoms with E-state index < -0.39 is 0 Å². The van der Waals surface area contributed by atoms with Gasteiger partial charge in [-0.1, -0.05) is 6.07 Å². The predicted molar refractivity (Wildman–Crippen MR) is 106 cm³/mol. The minimum Gasteiger partial charge on any atom is -0.486 e. The minimum atomic E-state index is 0.0404. The van der Waals surface area contributed by atoms with Crippen LogP contribution in [-0.2, 0) is 16.0 Å². The Bertz CT molecular complexity index is 682. The maximum atomic E-state index is 12.7. The fraction of sp³-hybridized carbons (Fsp3) is 0.667. The van der Waals surface area contributed by atoms with Gasteiger partial charge in [-0.25, -0.2) is 0 Å². The number of nitrogens with one attached hydrogen (secondary N) is 1. The number of morpholine rings is 1. The molecule has 0 unspecified atom stereocenters. The number of hydrogen-bond acceptors (Lipinski definition) is 6. The Hall–Kier alpha value is -1.83. The van der Waals surface area contributed by atoms with Crippen molar-refractivity contribution in [3.8, 4) is 11.5 Å². The van der Waals surface area contributed by atoms with Gasteiger partial charge in [-0.2, -0.15) is 0 Å². The molecule has 1 N–H and O–H groups in total. The Morgan fingerprint density at radius 2 is 1.75 bits per heavy atom. The summed E-state index contributed by atoms with van der Waals surface area (Å²) in [4.78, 5) is 17.6. The van der Waals surface area contributed by atoms with Crippen molar-refractivity contribution in [2.45, 2.75) is 24.8 Å². The van der Waals surface area contributed by atoms with E-state index in [4.69, 9.17) is 14.2 Å². The minimum absolute atomic E-state index is 0.0404. The number of carbonyl (C=O) groups excluding carboxylic acids is 1. The van der Waals surface area contributed by atoms with Gasteiger partial charge in [-0.15, -0.1) is 0 Å². The molecule has 0 bridgehead atoms. The van der Waals surface area contributed by atoms with E-state index in [-0.39, 0.29) is 11.4 Å². The molecule has 3 heterocycles. The molecule has 1 aromatic rings. The molecule has 7 nitrogen and oxygen atoms in total. The molecule has 0 saturated carbocycles. The average Bonchev–Trinajstić information content (AvgIpc) is 2.74. The largest absolute Gasteiger partial charge is 0.486 e. The van der Waals surface area contributed by atoms with E-state index in [0.717, 1.165) is 69.3 Å². The zero-order valence-electron chi connectivity index (χ0n) is 16.7. The number of rotatable bonds is 5. The highest BCUT2D eigenvalue weighted by atomic mass is 16.6. The van der Waals surface area contributed by atoms with Crippen molar-refractivity contribution in [3.05, 3.63) is 23.8 Å². The van der Waals surface area contributed by atoms with Gasteiger partial charge in [0, 0.05) is 25.2 Å². The number of fused-ring (bicyclic) bond motifs is 1. The van der Waals surface area contributed by atoms with E-state index in [9.17, 15) is 4.79 Å². The highest BCUT2D eigenvalue weighted by Crippen LogP contribution is 2.31. The Balaban J connectivity index is 1.37. The van der Waals surface area contributed by atoms with Crippen LogP contribution in [0.4, 0.5) is 0 Å². The Labute approximate surface area is 166 Å². The molecule has 0 aromatic heterocycles. The Kier molecular flexibility index (Phi) is 6.04. The van der Waals surface area contributed by atoms with Gasteiger partial charge < -0.3 is 24.4 Å². The van der Waals surface area contributed by atoms with Gasteiger partial charge in [0.25, 0.3) is 0 Å². The van der Waals surface area contributed by atoms with Crippen LogP contribution < -0.4 is 14.8 Å². The number of piperidine rings is 1. The quantitative estimate of drug-likeness (QED) is 0.808. The summed E-state index contributed by atoms with van der Waals surface area (Å²) in [6.45, 7) is 7.41. The normalized spacial score (nSPS) is 22.6. The van der Waals surface area contributed by atoms with Crippen LogP contribution in [0, 0.1) is 0 Å². The van der Waals surface area contributed by atoms with E-state index in [2.05, 4.69) is 22.2 Å². The molecule has 7 heteroatoms. The lowest BCUT2D eigenvalue weighted by Crippen LogP contribution is -2.62. The summed E-state index contributed by atoms with van der Waals surface area (Å²) in [5.41, 5.74) is 0.990. The van der Waals surface area contributed by atoms with Crippen molar-refractivity contribution < 1.29 is 19.0 Å². The lowest BCUT2D eigenvalue weighted by Gasteiger charge is -2.49. The van der Waals surface area contributed by atoms with Crippen molar-refractivity contribution in [1.29, 1.82) is 0 Å². The molecular weight excluding hydrogens is 358 g/mol. The van der Waals surface area contributed by atoms with Crippen molar-refractivity contribution in [2.24, 2.45) is 0 Å².